The van der Waals surface area contributed by atoms with Crippen molar-refractivity contribution >= 4 is 51.4 Å². The van der Waals surface area contributed by atoms with Crippen molar-refractivity contribution in [2.75, 3.05) is 18.6 Å². The molecule has 1 aromatic rings. The molecule has 0 bridgehead atoms. The Labute approximate surface area is 135 Å². The molecule has 1 aromatic carbocycles. The van der Waals surface area contributed by atoms with Crippen LogP contribution in [-0.2, 0) is 10.1 Å². The molecule has 4 nitrogen and oxygen atoms in total. The molecule has 0 aliphatic heterocycles. The van der Waals surface area contributed by atoms with Crippen LogP contribution in [0.25, 0.3) is 0 Å². The van der Waals surface area contributed by atoms with Crippen molar-refractivity contribution in [3.05, 3.63) is 24.3 Å². The maximum atomic E-state index is 10.4. The molecule has 0 aliphatic carbocycles. The van der Waals surface area contributed by atoms with Crippen molar-refractivity contribution in [3.63, 3.8) is 0 Å². The van der Waals surface area contributed by atoms with Gasteiger partial charge in [-0.1, -0.05) is 0 Å². The van der Waals surface area contributed by atoms with Gasteiger partial charge in [0.25, 0.3) is 10.1 Å². The van der Waals surface area contributed by atoms with E-state index >= 15 is 0 Å². The van der Waals surface area contributed by atoms with Crippen LogP contribution in [0.4, 0.5) is 0 Å². The Kier molecular flexibility index (Phi) is 9.37. The topological polar surface area (TPSA) is 63.6 Å². The second kappa shape index (κ2) is 9.23. The number of benzene rings is 1. The predicted molar refractivity (Wildman–Crippen MR) is 76.5 cm³/mol. The molecule has 0 spiro atoms. The third-order valence-corrected chi connectivity index (χ3v) is 3.67. The van der Waals surface area contributed by atoms with Gasteiger partial charge in [-0.25, -0.2) is 0 Å². The molecule has 0 atom stereocenters. The number of hydrogen-bond acceptors (Lipinski definition) is 4. The van der Waals surface area contributed by atoms with Gasteiger partial charge in [-0.15, -0.1) is 11.8 Å². The van der Waals surface area contributed by atoms with Crippen LogP contribution >= 0.6 is 11.8 Å². The molecule has 0 heterocycles. The fourth-order valence-electron chi connectivity index (χ4n) is 1.25. The van der Waals surface area contributed by atoms with Crippen LogP contribution in [-0.4, -0.2) is 61.1 Å². The second-order valence-corrected chi connectivity index (χ2v) is 5.97. The summed E-state index contributed by atoms with van der Waals surface area (Å²) in [6.07, 6.45) is 3.01. The van der Waals surface area contributed by atoms with E-state index in [0.717, 1.165) is 5.75 Å². The summed E-state index contributed by atoms with van der Waals surface area (Å²) in [6, 6.07) is 7.71. The van der Waals surface area contributed by atoms with Crippen molar-refractivity contribution in [2.45, 2.75) is 17.7 Å². The first-order valence-electron chi connectivity index (χ1n) is 5.23. The average Bonchev–Trinajstić information content (AvgIpc) is 2.28. The van der Waals surface area contributed by atoms with Crippen LogP contribution in [0, 0.1) is 0 Å². The summed E-state index contributed by atoms with van der Waals surface area (Å²) in [5.41, 5.74) is 0. The van der Waals surface area contributed by atoms with E-state index in [0.29, 0.717) is 19.4 Å². The van der Waals surface area contributed by atoms with Gasteiger partial charge in [0.15, 0.2) is 0 Å². The minimum absolute atomic E-state index is 0. The molecule has 7 heteroatoms. The van der Waals surface area contributed by atoms with E-state index in [4.69, 9.17) is 9.29 Å². The Morgan fingerprint density at radius 3 is 2.33 bits per heavy atom. The molecule has 0 saturated heterocycles. The molecule has 0 radical (unpaired) electrons. The fraction of sp³-hybridized carbons (Fsp3) is 0.455. The Morgan fingerprint density at radius 2 is 1.83 bits per heavy atom. The summed E-state index contributed by atoms with van der Waals surface area (Å²) < 4.78 is 34.8. The molecule has 0 fully saturated rings. The molecule has 0 unspecified atom stereocenters. The van der Waals surface area contributed by atoms with E-state index in [1.54, 1.807) is 11.8 Å². The van der Waals surface area contributed by atoms with E-state index in [1.165, 1.54) is 4.90 Å². The van der Waals surface area contributed by atoms with Gasteiger partial charge < -0.3 is 4.74 Å². The van der Waals surface area contributed by atoms with Gasteiger partial charge in [0.05, 0.1) is 12.4 Å². The molecule has 1 rings (SSSR count). The van der Waals surface area contributed by atoms with Gasteiger partial charge in [-0.05, 0) is 43.4 Å². The summed E-state index contributed by atoms with van der Waals surface area (Å²) in [5.74, 6) is 0.566. The van der Waals surface area contributed by atoms with Crippen LogP contribution in [0.15, 0.2) is 29.2 Å². The molecule has 18 heavy (non-hydrogen) atoms. The van der Waals surface area contributed by atoms with Crippen LogP contribution in [0.2, 0.25) is 0 Å². The van der Waals surface area contributed by atoms with E-state index in [1.807, 2.05) is 30.5 Å². The van der Waals surface area contributed by atoms with Crippen LogP contribution in [0.1, 0.15) is 12.8 Å². The number of rotatable bonds is 7. The van der Waals surface area contributed by atoms with Gasteiger partial charge in [0.2, 0.25) is 0 Å². The summed E-state index contributed by atoms with van der Waals surface area (Å²) in [6.45, 7) is 0.453. The van der Waals surface area contributed by atoms with E-state index in [-0.39, 0.29) is 35.3 Å². The number of hydrogen-bond donors (Lipinski definition) is 1. The molecule has 0 aliphatic rings. The zero-order chi connectivity index (χ0) is 12.7. The van der Waals surface area contributed by atoms with E-state index in [9.17, 15) is 8.42 Å². The van der Waals surface area contributed by atoms with Crippen LogP contribution < -0.4 is 4.74 Å². The zero-order valence-corrected chi connectivity index (χ0v) is 11.3. The van der Waals surface area contributed by atoms with Crippen molar-refractivity contribution in [1.29, 1.82) is 0 Å². The van der Waals surface area contributed by atoms with E-state index in [2.05, 4.69) is 0 Å². The number of unbranched alkanes of at least 4 members (excludes halogenated alkanes) is 1. The zero-order valence-electron chi connectivity index (χ0n) is 9.63. The minimum atomic E-state index is -3.84. The standard InChI is InChI=1S/C11H16O4S2.Na.H/c1-16-11-6-4-10(5-7-11)15-8-2-3-9-17(12,13)14;;/h4-7H,2-3,8-9H2,1H3,(H,12,13,14);;. The first kappa shape index (κ1) is 18.3. The van der Waals surface area contributed by atoms with Gasteiger partial charge in [-0.3, -0.25) is 4.55 Å². The van der Waals surface area contributed by atoms with Crippen LogP contribution in [0.3, 0.4) is 0 Å². The maximum absolute atomic E-state index is 10.4. The Hall–Kier alpha value is 0.280. The monoisotopic (exact) mass is 300 g/mol. The predicted octanol–water partition coefficient (Wildman–Crippen LogP) is 1.81. The first-order valence-corrected chi connectivity index (χ1v) is 8.07. The second-order valence-electron chi connectivity index (χ2n) is 3.52. The third-order valence-electron chi connectivity index (χ3n) is 2.12. The molecule has 1 N–H and O–H groups in total. The molecule has 0 aromatic heterocycles. The van der Waals surface area contributed by atoms with Gasteiger partial charge >= 0.3 is 29.6 Å². The Balaban J connectivity index is 0.00000289. The van der Waals surface area contributed by atoms with Crippen molar-refractivity contribution in [1.82, 2.24) is 0 Å². The van der Waals surface area contributed by atoms with E-state index < -0.39 is 10.1 Å². The average molecular weight is 300 g/mol. The quantitative estimate of drug-likeness (QED) is 0.360. The van der Waals surface area contributed by atoms with Crippen molar-refractivity contribution in [2.24, 2.45) is 0 Å². The van der Waals surface area contributed by atoms with Crippen molar-refractivity contribution < 1.29 is 17.7 Å². The van der Waals surface area contributed by atoms with Crippen molar-refractivity contribution in [3.8, 4) is 5.75 Å². The van der Waals surface area contributed by atoms with Crippen LogP contribution in [0.5, 0.6) is 5.75 Å². The summed E-state index contributed by atoms with van der Waals surface area (Å²) in [7, 11) is -3.84. The molecule has 0 saturated carbocycles. The summed E-state index contributed by atoms with van der Waals surface area (Å²) >= 11 is 1.66. The van der Waals surface area contributed by atoms with Gasteiger partial charge in [-0.2, -0.15) is 8.42 Å². The number of ether oxygens (including phenoxy) is 1. The Morgan fingerprint density at radius 1 is 1.22 bits per heavy atom. The SMILES string of the molecule is CSc1ccc(OCCCCS(=O)(=O)O)cc1.[NaH]. The normalized spacial score (nSPS) is 10.8. The third kappa shape index (κ3) is 8.39. The van der Waals surface area contributed by atoms with Gasteiger partial charge in [0.1, 0.15) is 5.75 Å². The summed E-state index contributed by atoms with van der Waals surface area (Å²) in [4.78, 5) is 1.17. The molecular formula is C11H17NaO4S2. The molecule has 98 valence electrons. The number of thioether (sulfide) groups is 1. The Bertz CT molecular complexity index is 431. The fourth-order valence-corrected chi connectivity index (χ4v) is 2.23. The summed E-state index contributed by atoms with van der Waals surface area (Å²) in [5, 5.41) is 0. The van der Waals surface area contributed by atoms with Gasteiger partial charge in [0, 0.05) is 4.90 Å². The molecule has 0 amide bonds. The first-order chi connectivity index (χ1) is 8.01. The molecular weight excluding hydrogens is 283 g/mol.